The topological polar surface area (TPSA) is 59.1 Å². The zero-order chi connectivity index (χ0) is 5.98. The maximum absolute atomic E-state index is 6.67. The van der Waals surface area contributed by atoms with Gasteiger partial charge in [-0.3, -0.25) is 5.41 Å². The van der Waals surface area contributed by atoms with Gasteiger partial charge in [-0.25, -0.2) is 0 Å². The summed E-state index contributed by atoms with van der Waals surface area (Å²) in [7, 11) is 0. The lowest BCUT2D eigenvalue weighted by Gasteiger charge is -1.98. The van der Waals surface area contributed by atoms with Gasteiger partial charge in [-0.15, -0.1) is 0 Å². The summed E-state index contributed by atoms with van der Waals surface area (Å²) in [6.07, 6.45) is 2.49. The van der Waals surface area contributed by atoms with Crippen molar-refractivity contribution in [3.05, 3.63) is 0 Å². The third-order valence-electron chi connectivity index (χ3n) is 1.17. The Morgan fingerprint density at radius 1 is 1.75 bits per heavy atom. The molecule has 0 radical (unpaired) electrons. The maximum atomic E-state index is 6.67. The van der Waals surface area contributed by atoms with Crippen molar-refractivity contribution in [2.45, 2.75) is 12.8 Å². The van der Waals surface area contributed by atoms with E-state index in [9.17, 15) is 0 Å². The van der Waals surface area contributed by atoms with E-state index in [1.807, 2.05) is 0 Å². The highest BCUT2D eigenvalue weighted by Crippen LogP contribution is 2.28. The fraction of sp³-hybridized carbons (Fsp3) is 0.800. The third-order valence-corrected chi connectivity index (χ3v) is 1.17. The summed E-state index contributed by atoms with van der Waals surface area (Å²) in [4.78, 5) is 0. The lowest BCUT2D eigenvalue weighted by Crippen LogP contribution is -2.15. The van der Waals surface area contributed by atoms with E-state index in [1.165, 1.54) is 12.8 Å². The Kier molecular flexibility index (Phi) is 1.37. The van der Waals surface area contributed by atoms with E-state index in [0.717, 1.165) is 0 Å². The zero-order valence-corrected chi connectivity index (χ0v) is 4.68. The van der Waals surface area contributed by atoms with Crippen LogP contribution in [0.2, 0.25) is 0 Å². The highest BCUT2D eigenvalue weighted by atomic mass is 16.5. The molecule has 1 rings (SSSR count). The summed E-state index contributed by atoms with van der Waals surface area (Å²) in [5.74, 6) is 0.693. The highest BCUT2D eigenvalue weighted by molar-refractivity contribution is 5.67. The van der Waals surface area contributed by atoms with Crippen LogP contribution >= 0.6 is 0 Å². The predicted octanol–water partition coefficient (Wildman–Crippen LogP) is 0.306. The molecule has 0 bridgehead atoms. The van der Waals surface area contributed by atoms with Crippen LogP contribution in [-0.2, 0) is 4.74 Å². The predicted molar refractivity (Wildman–Crippen MR) is 30.6 cm³/mol. The molecule has 8 heavy (non-hydrogen) atoms. The van der Waals surface area contributed by atoms with Gasteiger partial charge in [-0.2, -0.15) is 0 Å². The molecule has 3 heteroatoms. The first-order chi connectivity index (χ1) is 3.79. The molecule has 1 saturated carbocycles. The first-order valence-electron chi connectivity index (χ1n) is 2.76. The van der Waals surface area contributed by atoms with Gasteiger partial charge in [0, 0.05) is 0 Å². The Hall–Kier alpha value is -0.730. The minimum absolute atomic E-state index is 0.156. The monoisotopic (exact) mass is 114 g/mol. The summed E-state index contributed by atoms with van der Waals surface area (Å²) in [5.41, 5.74) is 4.93. The molecule has 46 valence electrons. The number of rotatable bonds is 2. The van der Waals surface area contributed by atoms with Gasteiger partial charge in [0.1, 0.15) is 0 Å². The molecule has 1 aliphatic carbocycles. The van der Waals surface area contributed by atoms with Gasteiger partial charge < -0.3 is 10.5 Å². The maximum Gasteiger partial charge on any atom is 0.279 e. The number of hydrogen-bond acceptors (Lipinski definition) is 2. The van der Waals surface area contributed by atoms with Crippen molar-refractivity contribution in [1.29, 1.82) is 5.41 Å². The minimum Gasteiger partial charge on any atom is -0.465 e. The molecule has 0 spiro atoms. The summed E-state index contributed by atoms with van der Waals surface area (Å²) >= 11 is 0. The highest BCUT2D eigenvalue weighted by Gasteiger charge is 2.21. The minimum atomic E-state index is -0.156. The van der Waals surface area contributed by atoms with Crippen molar-refractivity contribution in [3.8, 4) is 0 Å². The number of nitrogens with two attached hydrogens (primary N) is 1. The summed E-state index contributed by atoms with van der Waals surface area (Å²) in [6.45, 7) is 0.648. The number of hydrogen-bond donors (Lipinski definition) is 2. The van der Waals surface area contributed by atoms with E-state index in [-0.39, 0.29) is 6.02 Å². The van der Waals surface area contributed by atoms with E-state index in [1.54, 1.807) is 0 Å². The average Bonchev–Trinajstić information content (AvgIpc) is 2.41. The molecule has 0 unspecified atom stereocenters. The lowest BCUT2D eigenvalue weighted by molar-refractivity contribution is 0.280. The van der Waals surface area contributed by atoms with Crippen LogP contribution in [0.1, 0.15) is 12.8 Å². The van der Waals surface area contributed by atoms with Crippen LogP contribution in [0.3, 0.4) is 0 Å². The molecule has 0 aromatic carbocycles. The Morgan fingerprint density at radius 3 is 2.75 bits per heavy atom. The van der Waals surface area contributed by atoms with E-state index in [4.69, 9.17) is 15.9 Å². The molecule has 0 aromatic rings. The first kappa shape index (κ1) is 5.41. The van der Waals surface area contributed by atoms with Crippen LogP contribution < -0.4 is 5.73 Å². The van der Waals surface area contributed by atoms with Crippen LogP contribution in [-0.4, -0.2) is 12.6 Å². The summed E-state index contributed by atoms with van der Waals surface area (Å²) in [6, 6.07) is -0.156. The Bertz CT molecular complexity index is 98.6. The van der Waals surface area contributed by atoms with Gasteiger partial charge in [0.15, 0.2) is 0 Å². The average molecular weight is 114 g/mol. The van der Waals surface area contributed by atoms with Gasteiger partial charge in [0.25, 0.3) is 6.02 Å². The Balaban J connectivity index is 1.95. The molecule has 0 saturated heterocycles. The second kappa shape index (κ2) is 2.03. The standard InChI is InChI=1S/C5H10N2O/c6-5(7)8-3-4-1-2-4/h4H,1-3H2,(H3,6,7). The van der Waals surface area contributed by atoms with Crippen molar-refractivity contribution in [2.24, 2.45) is 11.7 Å². The van der Waals surface area contributed by atoms with Crippen molar-refractivity contribution in [3.63, 3.8) is 0 Å². The van der Waals surface area contributed by atoms with E-state index < -0.39 is 0 Å². The van der Waals surface area contributed by atoms with Crippen molar-refractivity contribution in [2.75, 3.05) is 6.61 Å². The van der Waals surface area contributed by atoms with Gasteiger partial charge in [0.2, 0.25) is 0 Å². The summed E-state index contributed by atoms with van der Waals surface area (Å²) in [5, 5.41) is 6.67. The first-order valence-corrected chi connectivity index (χ1v) is 2.76. The zero-order valence-electron chi connectivity index (χ0n) is 4.68. The Morgan fingerprint density at radius 2 is 2.38 bits per heavy atom. The van der Waals surface area contributed by atoms with Crippen LogP contribution in [0, 0.1) is 11.3 Å². The molecule has 0 atom stereocenters. The Labute approximate surface area is 48.3 Å². The molecule has 3 nitrogen and oxygen atoms in total. The fourth-order valence-electron chi connectivity index (χ4n) is 0.492. The van der Waals surface area contributed by atoms with Crippen molar-refractivity contribution in [1.82, 2.24) is 0 Å². The smallest absolute Gasteiger partial charge is 0.279 e. The van der Waals surface area contributed by atoms with Crippen LogP contribution in [0.25, 0.3) is 0 Å². The molecule has 1 aliphatic rings. The molecule has 0 aliphatic heterocycles. The molecule has 0 heterocycles. The second-order valence-corrected chi connectivity index (χ2v) is 2.12. The van der Waals surface area contributed by atoms with Crippen LogP contribution in [0.5, 0.6) is 0 Å². The SMILES string of the molecule is N=C(N)OCC1CC1. The van der Waals surface area contributed by atoms with E-state index in [0.29, 0.717) is 12.5 Å². The van der Waals surface area contributed by atoms with Crippen LogP contribution in [0.4, 0.5) is 0 Å². The molecular formula is C5H10N2O. The van der Waals surface area contributed by atoms with Gasteiger partial charge in [0.05, 0.1) is 6.61 Å². The van der Waals surface area contributed by atoms with Crippen LogP contribution in [0.15, 0.2) is 0 Å². The normalized spacial score (nSPS) is 18.0. The summed E-state index contributed by atoms with van der Waals surface area (Å²) < 4.78 is 4.73. The largest absolute Gasteiger partial charge is 0.465 e. The van der Waals surface area contributed by atoms with Crippen molar-refractivity contribution >= 4 is 6.02 Å². The quantitative estimate of drug-likeness (QED) is 0.401. The van der Waals surface area contributed by atoms with E-state index >= 15 is 0 Å². The molecule has 0 aromatic heterocycles. The third kappa shape index (κ3) is 1.82. The second-order valence-electron chi connectivity index (χ2n) is 2.12. The van der Waals surface area contributed by atoms with Crippen molar-refractivity contribution < 1.29 is 4.74 Å². The molecular weight excluding hydrogens is 104 g/mol. The van der Waals surface area contributed by atoms with Gasteiger partial charge in [-0.05, 0) is 18.8 Å². The number of amidine groups is 1. The molecule has 3 N–H and O–H groups in total. The number of ether oxygens (including phenoxy) is 1. The number of nitrogens with one attached hydrogen (secondary N) is 1. The molecule has 0 amide bonds. The molecule has 1 fully saturated rings. The van der Waals surface area contributed by atoms with Gasteiger partial charge >= 0.3 is 0 Å². The fourth-order valence-corrected chi connectivity index (χ4v) is 0.492. The van der Waals surface area contributed by atoms with Gasteiger partial charge in [-0.1, -0.05) is 0 Å². The van der Waals surface area contributed by atoms with E-state index in [2.05, 4.69) is 0 Å². The lowest BCUT2D eigenvalue weighted by atomic mass is 10.5.